The van der Waals surface area contributed by atoms with Crippen LogP contribution in [0.5, 0.6) is 5.75 Å². The Morgan fingerprint density at radius 2 is 2.29 bits per heavy atom. The lowest BCUT2D eigenvalue weighted by molar-refractivity contribution is -0.124. The first-order valence-electron chi connectivity index (χ1n) is 6.91. The number of halogens is 1. The van der Waals surface area contributed by atoms with E-state index in [0.717, 1.165) is 13.0 Å². The number of benzene rings is 1. The van der Waals surface area contributed by atoms with Gasteiger partial charge in [0.25, 0.3) is 0 Å². The van der Waals surface area contributed by atoms with Crippen molar-refractivity contribution < 1.29 is 9.53 Å². The maximum absolute atomic E-state index is 12.2. The molecule has 21 heavy (non-hydrogen) atoms. The molecular formula is C15H18ClN3O2. The average Bonchev–Trinajstić information content (AvgIpc) is 2.86. The van der Waals surface area contributed by atoms with Gasteiger partial charge in [0.15, 0.2) is 11.9 Å². The Balaban J connectivity index is 1.97. The zero-order valence-electron chi connectivity index (χ0n) is 12.1. The molecule has 6 heteroatoms. The SMILES string of the molecule is CCCn1ncnc1CC(=O)C(C)Oc1cccc(Cl)c1. The third kappa shape index (κ3) is 4.29. The van der Waals surface area contributed by atoms with Gasteiger partial charge in [0.1, 0.15) is 17.9 Å². The maximum atomic E-state index is 12.2. The van der Waals surface area contributed by atoms with Gasteiger partial charge in [-0.25, -0.2) is 9.67 Å². The maximum Gasteiger partial charge on any atom is 0.180 e. The zero-order valence-corrected chi connectivity index (χ0v) is 12.9. The highest BCUT2D eigenvalue weighted by atomic mass is 35.5. The molecule has 1 aromatic heterocycles. The van der Waals surface area contributed by atoms with E-state index in [-0.39, 0.29) is 12.2 Å². The van der Waals surface area contributed by atoms with Crippen LogP contribution in [-0.2, 0) is 17.8 Å². The van der Waals surface area contributed by atoms with Gasteiger partial charge in [-0.05, 0) is 31.5 Å². The van der Waals surface area contributed by atoms with Gasteiger partial charge in [-0.15, -0.1) is 0 Å². The Morgan fingerprint density at radius 3 is 3.00 bits per heavy atom. The molecule has 0 saturated carbocycles. The number of hydrogen-bond acceptors (Lipinski definition) is 4. The largest absolute Gasteiger partial charge is 0.483 e. The number of aromatic nitrogens is 3. The molecule has 0 saturated heterocycles. The summed E-state index contributed by atoms with van der Waals surface area (Å²) in [6.45, 7) is 4.54. The molecule has 1 heterocycles. The van der Waals surface area contributed by atoms with E-state index in [0.29, 0.717) is 16.6 Å². The van der Waals surface area contributed by atoms with Crippen molar-refractivity contribution in [2.24, 2.45) is 0 Å². The molecular weight excluding hydrogens is 290 g/mol. The molecule has 1 atom stereocenters. The van der Waals surface area contributed by atoms with Gasteiger partial charge in [0, 0.05) is 11.6 Å². The van der Waals surface area contributed by atoms with E-state index in [1.807, 2.05) is 0 Å². The Hall–Kier alpha value is -1.88. The molecule has 0 radical (unpaired) electrons. The Labute approximate surface area is 128 Å². The first-order valence-corrected chi connectivity index (χ1v) is 7.29. The highest BCUT2D eigenvalue weighted by Crippen LogP contribution is 2.18. The number of hydrogen-bond donors (Lipinski definition) is 0. The molecule has 2 aromatic rings. The fraction of sp³-hybridized carbons (Fsp3) is 0.400. The normalized spacial score (nSPS) is 12.1. The van der Waals surface area contributed by atoms with E-state index in [1.165, 1.54) is 6.33 Å². The smallest absolute Gasteiger partial charge is 0.180 e. The number of carbonyl (C=O) groups excluding carboxylic acids is 1. The number of Topliss-reactive ketones (excluding diaryl/α,β-unsaturated/α-hetero) is 1. The molecule has 0 aliphatic heterocycles. The van der Waals surface area contributed by atoms with Gasteiger partial charge >= 0.3 is 0 Å². The summed E-state index contributed by atoms with van der Waals surface area (Å²) < 4.78 is 7.37. The number of nitrogens with zero attached hydrogens (tertiary/aromatic N) is 3. The van der Waals surface area contributed by atoms with Gasteiger partial charge in [0.05, 0.1) is 6.42 Å². The minimum absolute atomic E-state index is 0.0414. The van der Waals surface area contributed by atoms with Crippen LogP contribution in [-0.4, -0.2) is 26.7 Å². The summed E-state index contributed by atoms with van der Waals surface area (Å²) in [7, 11) is 0. The third-order valence-electron chi connectivity index (χ3n) is 3.03. The number of carbonyl (C=O) groups is 1. The van der Waals surface area contributed by atoms with Crippen molar-refractivity contribution >= 4 is 17.4 Å². The monoisotopic (exact) mass is 307 g/mol. The molecule has 0 amide bonds. The fourth-order valence-electron chi connectivity index (χ4n) is 1.93. The Bertz CT molecular complexity index is 612. The van der Waals surface area contributed by atoms with Crippen LogP contribution in [0.1, 0.15) is 26.1 Å². The van der Waals surface area contributed by atoms with Crippen LogP contribution in [0.2, 0.25) is 5.02 Å². The molecule has 0 spiro atoms. The highest BCUT2D eigenvalue weighted by molar-refractivity contribution is 6.30. The van der Waals surface area contributed by atoms with Crippen molar-refractivity contribution in [2.75, 3.05) is 0 Å². The lowest BCUT2D eigenvalue weighted by Gasteiger charge is -2.14. The fourth-order valence-corrected chi connectivity index (χ4v) is 2.11. The highest BCUT2D eigenvalue weighted by Gasteiger charge is 2.18. The van der Waals surface area contributed by atoms with Gasteiger partial charge in [-0.1, -0.05) is 24.6 Å². The molecule has 1 aromatic carbocycles. The number of ketones is 1. The summed E-state index contributed by atoms with van der Waals surface area (Å²) in [5.41, 5.74) is 0. The first-order chi connectivity index (χ1) is 10.1. The van der Waals surface area contributed by atoms with E-state index in [1.54, 1.807) is 35.9 Å². The van der Waals surface area contributed by atoms with Crippen molar-refractivity contribution in [1.29, 1.82) is 0 Å². The van der Waals surface area contributed by atoms with Crippen LogP contribution in [0.25, 0.3) is 0 Å². The van der Waals surface area contributed by atoms with Gasteiger partial charge in [-0.2, -0.15) is 5.10 Å². The summed E-state index contributed by atoms with van der Waals surface area (Å²) in [4.78, 5) is 16.3. The molecule has 0 fully saturated rings. The average molecular weight is 308 g/mol. The number of ether oxygens (including phenoxy) is 1. The number of aryl methyl sites for hydroxylation is 1. The second-order valence-corrected chi connectivity index (χ2v) is 5.20. The standard InChI is InChI=1S/C15H18ClN3O2/c1-3-7-19-15(17-10-18-19)9-14(20)11(2)21-13-6-4-5-12(16)8-13/h4-6,8,10-11H,3,7,9H2,1-2H3. The zero-order chi connectivity index (χ0) is 15.2. The van der Waals surface area contributed by atoms with Crippen molar-refractivity contribution in [2.45, 2.75) is 39.3 Å². The lowest BCUT2D eigenvalue weighted by atomic mass is 10.2. The summed E-state index contributed by atoms with van der Waals surface area (Å²) in [6.07, 6.45) is 2.07. The van der Waals surface area contributed by atoms with Gasteiger partial charge in [-0.3, -0.25) is 4.79 Å². The summed E-state index contributed by atoms with van der Waals surface area (Å²) in [6, 6.07) is 7.00. The van der Waals surface area contributed by atoms with Crippen LogP contribution >= 0.6 is 11.6 Å². The van der Waals surface area contributed by atoms with Crippen LogP contribution in [0.15, 0.2) is 30.6 Å². The van der Waals surface area contributed by atoms with E-state index in [9.17, 15) is 4.79 Å². The molecule has 0 aliphatic rings. The van der Waals surface area contributed by atoms with Crippen LogP contribution in [0, 0.1) is 0 Å². The predicted molar refractivity (Wildman–Crippen MR) is 80.6 cm³/mol. The third-order valence-corrected chi connectivity index (χ3v) is 3.26. The van der Waals surface area contributed by atoms with Crippen molar-refractivity contribution in [3.63, 3.8) is 0 Å². The Kier molecular flexibility index (Phi) is 5.33. The molecule has 112 valence electrons. The Morgan fingerprint density at radius 1 is 1.48 bits per heavy atom. The van der Waals surface area contributed by atoms with Crippen molar-refractivity contribution in [1.82, 2.24) is 14.8 Å². The molecule has 0 bridgehead atoms. The molecule has 2 rings (SSSR count). The second kappa shape index (κ2) is 7.22. The van der Waals surface area contributed by atoms with E-state index in [4.69, 9.17) is 16.3 Å². The van der Waals surface area contributed by atoms with Crippen LogP contribution < -0.4 is 4.74 Å². The van der Waals surface area contributed by atoms with Crippen molar-refractivity contribution in [3.8, 4) is 5.75 Å². The van der Waals surface area contributed by atoms with Gasteiger partial charge < -0.3 is 4.74 Å². The molecule has 0 aliphatic carbocycles. The minimum atomic E-state index is -0.560. The lowest BCUT2D eigenvalue weighted by Crippen LogP contribution is -2.26. The summed E-state index contributed by atoms with van der Waals surface area (Å²) >= 11 is 5.89. The van der Waals surface area contributed by atoms with E-state index < -0.39 is 6.10 Å². The summed E-state index contributed by atoms with van der Waals surface area (Å²) in [5, 5.41) is 4.69. The van der Waals surface area contributed by atoms with Crippen molar-refractivity contribution in [3.05, 3.63) is 41.4 Å². The molecule has 0 N–H and O–H groups in total. The molecule has 5 nitrogen and oxygen atoms in total. The van der Waals surface area contributed by atoms with E-state index in [2.05, 4.69) is 17.0 Å². The van der Waals surface area contributed by atoms with E-state index >= 15 is 0 Å². The topological polar surface area (TPSA) is 57.0 Å². The van der Waals surface area contributed by atoms with Crippen LogP contribution in [0.3, 0.4) is 0 Å². The predicted octanol–water partition coefficient (Wildman–Crippen LogP) is 2.92. The van der Waals surface area contributed by atoms with Gasteiger partial charge in [0.2, 0.25) is 0 Å². The first kappa shape index (κ1) is 15.5. The quantitative estimate of drug-likeness (QED) is 0.789. The minimum Gasteiger partial charge on any atom is -0.483 e. The van der Waals surface area contributed by atoms with Crippen LogP contribution in [0.4, 0.5) is 0 Å². The summed E-state index contributed by atoms with van der Waals surface area (Å²) in [5.74, 6) is 1.21. The number of rotatable bonds is 7. The second-order valence-electron chi connectivity index (χ2n) is 4.76. The molecule has 1 unspecified atom stereocenters.